The van der Waals surface area contributed by atoms with Crippen molar-refractivity contribution in [2.45, 2.75) is 25.3 Å². The first-order valence-electron chi connectivity index (χ1n) is 4.68. The Hall–Kier alpha value is -1.35. The van der Waals surface area contributed by atoms with Gasteiger partial charge >= 0.3 is 5.97 Å². The third-order valence-corrected chi connectivity index (χ3v) is 2.46. The van der Waals surface area contributed by atoms with Gasteiger partial charge in [0.25, 0.3) is 0 Å². The van der Waals surface area contributed by atoms with E-state index in [2.05, 4.69) is 0 Å². The minimum absolute atomic E-state index is 0.170. The number of hydrogen-bond donors (Lipinski definition) is 1. The molecule has 0 unspecified atom stereocenters. The zero-order chi connectivity index (χ0) is 10.2. The first-order chi connectivity index (χ1) is 6.60. The fourth-order valence-electron chi connectivity index (χ4n) is 1.46. The van der Waals surface area contributed by atoms with Crippen LogP contribution >= 0.6 is 0 Å². The van der Waals surface area contributed by atoms with Gasteiger partial charge in [-0.05, 0) is 30.5 Å². The lowest BCUT2D eigenvalue weighted by Gasteiger charge is -2.10. The van der Waals surface area contributed by atoms with E-state index in [1.165, 1.54) is 6.92 Å². The van der Waals surface area contributed by atoms with E-state index in [1.807, 2.05) is 18.2 Å². The monoisotopic (exact) mass is 191 g/mol. The van der Waals surface area contributed by atoms with Gasteiger partial charge in [-0.15, -0.1) is 0 Å². The lowest BCUT2D eigenvalue weighted by molar-refractivity contribution is -0.131. The number of carbonyl (C=O) groups is 1. The van der Waals surface area contributed by atoms with E-state index in [1.54, 1.807) is 6.07 Å². The van der Waals surface area contributed by atoms with Crippen LogP contribution in [0.4, 0.5) is 0 Å². The zero-order valence-corrected chi connectivity index (χ0v) is 8.12. The van der Waals surface area contributed by atoms with Crippen LogP contribution in [-0.4, -0.2) is 5.97 Å². The Morgan fingerprint density at radius 3 is 2.79 bits per heavy atom. The van der Waals surface area contributed by atoms with Gasteiger partial charge in [-0.3, -0.25) is 4.79 Å². The summed E-state index contributed by atoms with van der Waals surface area (Å²) in [5.74, 6) is 0.274. The molecule has 14 heavy (non-hydrogen) atoms. The van der Waals surface area contributed by atoms with Gasteiger partial charge in [0.2, 0.25) is 0 Å². The highest BCUT2D eigenvalue weighted by Crippen LogP contribution is 2.43. The summed E-state index contributed by atoms with van der Waals surface area (Å²) in [7, 11) is 0. The quantitative estimate of drug-likeness (QED) is 0.570. The fraction of sp³-hybridized carbons (Fsp3) is 0.364. The van der Waals surface area contributed by atoms with Crippen molar-refractivity contribution in [3.63, 3.8) is 0 Å². The van der Waals surface area contributed by atoms with E-state index in [-0.39, 0.29) is 11.5 Å². The number of hydrogen-bond acceptors (Lipinski definition) is 3. The van der Waals surface area contributed by atoms with Crippen LogP contribution in [-0.2, 0) is 10.3 Å². The Kier molecular flexibility index (Phi) is 2.04. The van der Waals surface area contributed by atoms with Gasteiger partial charge in [-0.2, -0.15) is 0 Å². The summed E-state index contributed by atoms with van der Waals surface area (Å²) < 4.78 is 4.98. The van der Waals surface area contributed by atoms with Crippen molar-refractivity contribution in [1.29, 1.82) is 0 Å². The highest BCUT2D eigenvalue weighted by molar-refractivity contribution is 5.69. The van der Waals surface area contributed by atoms with Crippen LogP contribution in [0, 0.1) is 0 Å². The summed E-state index contributed by atoms with van der Waals surface area (Å²) in [6, 6.07) is 7.44. The molecule has 0 aliphatic heterocycles. The highest BCUT2D eigenvalue weighted by atomic mass is 16.5. The Morgan fingerprint density at radius 2 is 2.21 bits per heavy atom. The van der Waals surface area contributed by atoms with Crippen molar-refractivity contribution >= 4 is 5.97 Å². The molecular weight excluding hydrogens is 178 g/mol. The number of nitrogens with two attached hydrogens (primary N) is 1. The van der Waals surface area contributed by atoms with Crippen LogP contribution in [0.1, 0.15) is 25.3 Å². The molecule has 1 saturated carbocycles. The molecule has 74 valence electrons. The average molecular weight is 191 g/mol. The molecule has 0 aromatic heterocycles. The fourth-order valence-corrected chi connectivity index (χ4v) is 1.46. The number of benzene rings is 1. The second-order valence-corrected chi connectivity index (χ2v) is 3.78. The van der Waals surface area contributed by atoms with E-state index >= 15 is 0 Å². The van der Waals surface area contributed by atoms with Gasteiger partial charge in [0.1, 0.15) is 5.75 Å². The normalized spacial score (nSPS) is 17.6. The van der Waals surface area contributed by atoms with Crippen LogP contribution in [0.2, 0.25) is 0 Å². The van der Waals surface area contributed by atoms with Crippen molar-refractivity contribution in [3.05, 3.63) is 29.8 Å². The van der Waals surface area contributed by atoms with Gasteiger partial charge in [-0.25, -0.2) is 0 Å². The van der Waals surface area contributed by atoms with Crippen molar-refractivity contribution in [1.82, 2.24) is 0 Å². The van der Waals surface area contributed by atoms with Crippen molar-refractivity contribution < 1.29 is 9.53 Å². The molecule has 1 aromatic carbocycles. The molecule has 0 saturated heterocycles. The standard InChI is InChI=1S/C11H13NO2/c1-8(13)14-10-4-2-3-9(7-10)11(12)5-6-11/h2-4,7H,5-6,12H2,1H3. The minimum Gasteiger partial charge on any atom is -0.427 e. The molecule has 2 rings (SSSR count). The molecule has 3 heteroatoms. The van der Waals surface area contributed by atoms with Crippen LogP contribution in [0.5, 0.6) is 5.75 Å². The molecule has 1 fully saturated rings. The summed E-state index contributed by atoms with van der Waals surface area (Å²) in [5.41, 5.74) is 6.91. The lowest BCUT2D eigenvalue weighted by Crippen LogP contribution is -2.18. The number of carbonyl (C=O) groups excluding carboxylic acids is 1. The molecule has 0 radical (unpaired) electrons. The largest absolute Gasteiger partial charge is 0.427 e. The van der Waals surface area contributed by atoms with Crippen LogP contribution in [0.3, 0.4) is 0 Å². The van der Waals surface area contributed by atoms with E-state index in [4.69, 9.17) is 10.5 Å². The smallest absolute Gasteiger partial charge is 0.308 e. The van der Waals surface area contributed by atoms with Gasteiger partial charge in [-0.1, -0.05) is 12.1 Å². The molecule has 0 spiro atoms. The van der Waals surface area contributed by atoms with Crippen LogP contribution in [0.25, 0.3) is 0 Å². The Balaban J connectivity index is 2.23. The Bertz CT molecular complexity index is 369. The van der Waals surface area contributed by atoms with Crippen LogP contribution < -0.4 is 10.5 Å². The van der Waals surface area contributed by atoms with E-state index in [9.17, 15) is 4.79 Å². The second-order valence-electron chi connectivity index (χ2n) is 3.78. The van der Waals surface area contributed by atoms with E-state index in [0.29, 0.717) is 5.75 Å². The molecule has 3 nitrogen and oxygen atoms in total. The minimum atomic E-state index is -0.302. The Labute approximate surface area is 82.9 Å². The molecule has 0 amide bonds. The number of ether oxygens (including phenoxy) is 1. The number of esters is 1. The van der Waals surface area contributed by atoms with Gasteiger partial charge in [0, 0.05) is 12.5 Å². The number of rotatable bonds is 2. The molecule has 1 aliphatic rings. The second kappa shape index (κ2) is 3.10. The first-order valence-corrected chi connectivity index (χ1v) is 4.68. The first kappa shape index (κ1) is 9.21. The molecule has 0 atom stereocenters. The summed E-state index contributed by atoms with van der Waals surface area (Å²) >= 11 is 0. The summed E-state index contributed by atoms with van der Waals surface area (Å²) in [6.45, 7) is 1.39. The SMILES string of the molecule is CC(=O)Oc1cccc(C2(N)CC2)c1. The van der Waals surface area contributed by atoms with Crippen molar-refractivity contribution in [2.75, 3.05) is 0 Å². The van der Waals surface area contributed by atoms with Gasteiger partial charge in [0.15, 0.2) is 0 Å². The Morgan fingerprint density at radius 1 is 1.50 bits per heavy atom. The molecular formula is C11H13NO2. The highest BCUT2D eigenvalue weighted by Gasteiger charge is 2.40. The lowest BCUT2D eigenvalue weighted by atomic mass is 10.1. The molecule has 2 N–H and O–H groups in total. The maximum Gasteiger partial charge on any atom is 0.308 e. The molecule has 1 aliphatic carbocycles. The molecule has 0 bridgehead atoms. The maximum absolute atomic E-state index is 10.7. The zero-order valence-electron chi connectivity index (χ0n) is 8.12. The van der Waals surface area contributed by atoms with Crippen molar-refractivity contribution in [3.8, 4) is 5.75 Å². The predicted octanol–water partition coefficient (Wildman–Crippen LogP) is 1.56. The summed E-state index contributed by atoms with van der Waals surface area (Å²) in [6.07, 6.45) is 2.02. The molecule has 0 heterocycles. The van der Waals surface area contributed by atoms with Crippen LogP contribution in [0.15, 0.2) is 24.3 Å². The third kappa shape index (κ3) is 1.77. The van der Waals surface area contributed by atoms with Gasteiger partial charge < -0.3 is 10.5 Å². The molecule has 1 aromatic rings. The average Bonchev–Trinajstić information content (AvgIpc) is 2.84. The topological polar surface area (TPSA) is 52.3 Å². The predicted molar refractivity (Wildman–Crippen MR) is 52.9 cm³/mol. The summed E-state index contributed by atoms with van der Waals surface area (Å²) in [4.78, 5) is 10.7. The third-order valence-electron chi connectivity index (χ3n) is 2.46. The van der Waals surface area contributed by atoms with E-state index in [0.717, 1.165) is 18.4 Å². The maximum atomic E-state index is 10.7. The van der Waals surface area contributed by atoms with E-state index < -0.39 is 0 Å². The summed E-state index contributed by atoms with van der Waals surface area (Å²) in [5, 5.41) is 0. The van der Waals surface area contributed by atoms with Gasteiger partial charge in [0.05, 0.1) is 0 Å². The van der Waals surface area contributed by atoms with Crippen molar-refractivity contribution in [2.24, 2.45) is 5.73 Å².